The maximum Gasteiger partial charge on any atom is 0.0454 e. The van der Waals surface area contributed by atoms with Crippen LogP contribution in [-0.4, -0.2) is 16.1 Å². The minimum Gasteiger partial charge on any atom is -0.345 e. The number of rotatable bonds is 2. The summed E-state index contributed by atoms with van der Waals surface area (Å²) < 4.78 is 2.54. The molecule has 2 heteroatoms. The Bertz CT molecular complexity index is 297. The van der Waals surface area contributed by atoms with Gasteiger partial charge in [-0.2, -0.15) is 11.8 Å². The SMILES string of the molecule is CSC1CCCC1n1c(C)ccc1C. The molecule has 1 aliphatic carbocycles. The van der Waals surface area contributed by atoms with Gasteiger partial charge < -0.3 is 4.57 Å². The van der Waals surface area contributed by atoms with E-state index in [-0.39, 0.29) is 0 Å². The molecule has 1 saturated carbocycles. The zero-order valence-electron chi connectivity index (χ0n) is 9.29. The van der Waals surface area contributed by atoms with Gasteiger partial charge in [-0.25, -0.2) is 0 Å². The molecule has 0 N–H and O–H groups in total. The fourth-order valence-corrected chi connectivity index (χ4v) is 3.65. The van der Waals surface area contributed by atoms with Gasteiger partial charge >= 0.3 is 0 Å². The zero-order valence-corrected chi connectivity index (χ0v) is 10.1. The predicted molar refractivity (Wildman–Crippen MR) is 64.1 cm³/mol. The van der Waals surface area contributed by atoms with Crippen molar-refractivity contribution >= 4 is 11.8 Å². The fraction of sp³-hybridized carbons (Fsp3) is 0.667. The number of aromatic nitrogens is 1. The Hall–Kier alpha value is -0.370. The van der Waals surface area contributed by atoms with E-state index in [0.29, 0.717) is 0 Å². The molecule has 0 saturated heterocycles. The smallest absolute Gasteiger partial charge is 0.0454 e. The molecule has 1 aromatic heterocycles. The van der Waals surface area contributed by atoms with Gasteiger partial charge in [0.15, 0.2) is 0 Å². The van der Waals surface area contributed by atoms with Gasteiger partial charge in [0, 0.05) is 22.7 Å². The molecule has 1 nitrogen and oxygen atoms in total. The monoisotopic (exact) mass is 209 g/mol. The summed E-state index contributed by atoms with van der Waals surface area (Å²) in [6.07, 6.45) is 6.40. The maximum absolute atomic E-state index is 2.54. The van der Waals surface area contributed by atoms with Crippen molar-refractivity contribution in [3.63, 3.8) is 0 Å². The van der Waals surface area contributed by atoms with E-state index >= 15 is 0 Å². The molecule has 0 aromatic carbocycles. The Balaban J connectivity index is 2.29. The maximum atomic E-state index is 2.54. The Morgan fingerprint density at radius 3 is 2.43 bits per heavy atom. The van der Waals surface area contributed by atoms with Crippen LogP contribution in [-0.2, 0) is 0 Å². The number of hydrogen-bond acceptors (Lipinski definition) is 1. The van der Waals surface area contributed by atoms with Gasteiger partial charge in [-0.3, -0.25) is 0 Å². The van der Waals surface area contributed by atoms with Gasteiger partial charge in [-0.05, 0) is 45.1 Å². The van der Waals surface area contributed by atoms with E-state index in [4.69, 9.17) is 0 Å². The number of nitrogens with zero attached hydrogens (tertiary/aromatic N) is 1. The van der Waals surface area contributed by atoms with Crippen LogP contribution in [0, 0.1) is 13.8 Å². The van der Waals surface area contributed by atoms with Gasteiger partial charge in [0.05, 0.1) is 0 Å². The molecule has 78 valence electrons. The third-order valence-corrected chi connectivity index (χ3v) is 4.53. The average molecular weight is 209 g/mol. The molecule has 0 amide bonds. The fourth-order valence-electron chi connectivity index (χ4n) is 2.68. The lowest BCUT2D eigenvalue weighted by Crippen LogP contribution is -2.17. The third kappa shape index (κ3) is 1.60. The first-order chi connectivity index (χ1) is 6.74. The summed E-state index contributed by atoms with van der Waals surface area (Å²) in [6, 6.07) is 5.23. The molecule has 1 aliphatic rings. The van der Waals surface area contributed by atoms with E-state index in [0.717, 1.165) is 11.3 Å². The van der Waals surface area contributed by atoms with Gasteiger partial charge in [-0.1, -0.05) is 6.42 Å². The van der Waals surface area contributed by atoms with Crippen LogP contribution in [0.1, 0.15) is 36.7 Å². The second-order valence-electron chi connectivity index (χ2n) is 4.26. The van der Waals surface area contributed by atoms with Crippen LogP contribution < -0.4 is 0 Å². The molecule has 1 aromatic rings. The summed E-state index contributed by atoms with van der Waals surface area (Å²) >= 11 is 2.04. The zero-order chi connectivity index (χ0) is 10.1. The van der Waals surface area contributed by atoms with Crippen LogP contribution in [0.5, 0.6) is 0 Å². The minimum atomic E-state index is 0.750. The molecule has 0 radical (unpaired) electrons. The molecule has 0 bridgehead atoms. The lowest BCUT2D eigenvalue weighted by Gasteiger charge is -2.23. The molecule has 14 heavy (non-hydrogen) atoms. The Labute approximate surface area is 90.9 Å². The van der Waals surface area contributed by atoms with Crippen molar-refractivity contribution < 1.29 is 0 Å². The number of aryl methyl sites for hydroxylation is 2. The van der Waals surface area contributed by atoms with Gasteiger partial charge in [-0.15, -0.1) is 0 Å². The molecule has 1 fully saturated rings. The van der Waals surface area contributed by atoms with Crippen LogP contribution >= 0.6 is 11.8 Å². The van der Waals surface area contributed by atoms with Crippen LogP contribution in [0.25, 0.3) is 0 Å². The highest BCUT2D eigenvalue weighted by Crippen LogP contribution is 2.38. The van der Waals surface area contributed by atoms with Crippen LogP contribution in [0.15, 0.2) is 12.1 Å². The van der Waals surface area contributed by atoms with E-state index in [9.17, 15) is 0 Å². The van der Waals surface area contributed by atoms with Crippen LogP contribution in [0.2, 0.25) is 0 Å². The van der Waals surface area contributed by atoms with E-state index in [2.05, 4.69) is 36.8 Å². The second-order valence-corrected chi connectivity index (χ2v) is 5.34. The lowest BCUT2D eigenvalue weighted by atomic mass is 10.2. The largest absolute Gasteiger partial charge is 0.345 e. The highest BCUT2D eigenvalue weighted by Gasteiger charge is 2.28. The Morgan fingerprint density at radius 2 is 1.86 bits per heavy atom. The van der Waals surface area contributed by atoms with E-state index in [1.54, 1.807) is 0 Å². The van der Waals surface area contributed by atoms with Crippen molar-refractivity contribution in [2.45, 2.75) is 44.4 Å². The second kappa shape index (κ2) is 4.01. The molecule has 0 spiro atoms. The molecule has 2 atom stereocenters. The van der Waals surface area contributed by atoms with Crippen molar-refractivity contribution in [2.24, 2.45) is 0 Å². The summed E-state index contributed by atoms with van der Waals surface area (Å²) in [5.41, 5.74) is 2.85. The van der Waals surface area contributed by atoms with Crippen molar-refractivity contribution in [2.75, 3.05) is 6.26 Å². The van der Waals surface area contributed by atoms with Gasteiger partial charge in [0.1, 0.15) is 0 Å². The van der Waals surface area contributed by atoms with E-state index in [1.165, 1.54) is 30.7 Å². The summed E-state index contributed by atoms with van der Waals surface area (Å²) in [5, 5.41) is 0.833. The number of hydrogen-bond donors (Lipinski definition) is 0. The molecular weight excluding hydrogens is 190 g/mol. The molecule has 1 heterocycles. The first-order valence-electron chi connectivity index (χ1n) is 5.41. The predicted octanol–water partition coefficient (Wildman–Crippen LogP) is 3.56. The van der Waals surface area contributed by atoms with Gasteiger partial charge in [0.2, 0.25) is 0 Å². The van der Waals surface area contributed by atoms with Crippen molar-refractivity contribution in [1.82, 2.24) is 4.57 Å². The first-order valence-corrected chi connectivity index (χ1v) is 6.70. The van der Waals surface area contributed by atoms with Gasteiger partial charge in [0.25, 0.3) is 0 Å². The Morgan fingerprint density at radius 1 is 1.21 bits per heavy atom. The molecule has 0 aliphatic heterocycles. The lowest BCUT2D eigenvalue weighted by molar-refractivity contribution is 0.509. The van der Waals surface area contributed by atoms with Crippen molar-refractivity contribution in [3.05, 3.63) is 23.5 Å². The molecule has 2 rings (SSSR count). The first kappa shape index (κ1) is 10.2. The summed E-state index contributed by atoms with van der Waals surface area (Å²) in [6.45, 7) is 4.45. The van der Waals surface area contributed by atoms with Crippen LogP contribution in [0.4, 0.5) is 0 Å². The Kier molecular flexibility index (Phi) is 2.91. The third-order valence-electron chi connectivity index (χ3n) is 3.38. The summed E-state index contributed by atoms with van der Waals surface area (Å²) in [5.74, 6) is 0. The van der Waals surface area contributed by atoms with E-state index < -0.39 is 0 Å². The topological polar surface area (TPSA) is 4.93 Å². The normalized spacial score (nSPS) is 27.1. The molecular formula is C12H19NS. The quantitative estimate of drug-likeness (QED) is 0.721. The highest BCUT2D eigenvalue weighted by molar-refractivity contribution is 7.99. The average Bonchev–Trinajstić information content (AvgIpc) is 2.73. The summed E-state index contributed by atoms with van der Waals surface area (Å²) in [7, 11) is 0. The highest BCUT2D eigenvalue weighted by atomic mass is 32.2. The van der Waals surface area contributed by atoms with E-state index in [1.807, 2.05) is 11.8 Å². The standard InChI is InChI=1S/C12H19NS/c1-9-7-8-10(2)13(9)11-5-4-6-12(11)14-3/h7-8,11-12H,4-6H2,1-3H3. The molecule has 2 unspecified atom stereocenters. The number of thioether (sulfide) groups is 1. The minimum absolute atomic E-state index is 0.750. The summed E-state index contributed by atoms with van der Waals surface area (Å²) in [4.78, 5) is 0. The van der Waals surface area contributed by atoms with Crippen molar-refractivity contribution in [1.29, 1.82) is 0 Å². The van der Waals surface area contributed by atoms with Crippen molar-refractivity contribution in [3.8, 4) is 0 Å². The van der Waals surface area contributed by atoms with Crippen LogP contribution in [0.3, 0.4) is 0 Å².